The summed E-state index contributed by atoms with van der Waals surface area (Å²) in [6.45, 7) is 0. The number of H-pyrrole nitrogens is 1. The van der Waals surface area contributed by atoms with E-state index >= 15 is 0 Å². The first-order valence-electron chi connectivity index (χ1n) is 7.28. The number of carboxylic acids is 1. The number of aliphatic carboxylic acids is 1. The number of rotatable bonds is 5. The maximum absolute atomic E-state index is 11.3. The lowest BCUT2D eigenvalue weighted by atomic mass is 10.0. The number of carboxylic acid groups (broad SMARTS) is 1. The lowest BCUT2D eigenvalue weighted by Gasteiger charge is -2.11. The largest absolute Gasteiger partial charge is 0.497 e. The van der Waals surface area contributed by atoms with E-state index in [1.165, 1.54) is 0 Å². The standard InChI is InChI=1S/C18H16ClNO4/c1-23-10-6-7-12(15(8-10)24-2)17-13(9-16(21)22)11-4-3-5-14(19)18(11)20-17/h3-8,20H,9H2,1-2H3,(H,21,22). The first-order valence-corrected chi connectivity index (χ1v) is 7.66. The molecule has 3 aromatic rings. The number of hydrogen-bond acceptors (Lipinski definition) is 3. The van der Waals surface area contributed by atoms with Crippen molar-refractivity contribution in [3.05, 3.63) is 47.0 Å². The molecule has 0 aliphatic rings. The van der Waals surface area contributed by atoms with Gasteiger partial charge in [-0.1, -0.05) is 23.7 Å². The van der Waals surface area contributed by atoms with Gasteiger partial charge in [0.1, 0.15) is 11.5 Å². The highest BCUT2D eigenvalue weighted by molar-refractivity contribution is 6.35. The van der Waals surface area contributed by atoms with Crippen LogP contribution < -0.4 is 9.47 Å². The number of ether oxygens (including phenoxy) is 2. The molecule has 0 saturated heterocycles. The van der Waals surface area contributed by atoms with Crippen LogP contribution in [-0.2, 0) is 11.2 Å². The molecule has 0 spiro atoms. The predicted octanol–water partition coefficient (Wildman–Crippen LogP) is 4.13. The van der Waals surface area contributed by atoms with Gasteiger partial charge in [0.05, 0.1) is 36.9 Å². The van der Waals surface area contributed by atoms with Crippen LogP contribution in [0, 0.1) is 0 Å². The highest BCUT2D eigenvalue weighted by Crippen LogP contribution is 2.39. The highest BCUT2D eigenvalue weighted by atomic mass is 35.5. The Balaban J connectivity index is 2.29. The van der Waals surface area contributed by atoms with Gasteiger partial charge in [0, 0.05) is 17.0 Å². The summed E-state index contributed by atoms with van der Waals surface area (Å²) in [4.78, 5) is 14.6. The normalized spacial score (nSPS) is 10.8. The second-order valence-electron chi connectivity index (χ2n) is 5.28. The number of carbonyl (C=O) groups is 1. The van der Waals surface area contributed by atoms with Crippen molar-refractivity contribution < 1.29 is 19.4 Å². The van der Waals surface area contributed by atoms with Crippen LogP contribution in [0.5, 0.6) is 11.5 Å². The minimum atomic E-state index is -0.912. The van der Waals surface area contributed by atoms with E-state index in [1.54, 1.807) is 38.5 Å². The molecule has 1 aromatic heterocycles. The van der Waals surface area contributed by atoms with Crippen molar-refractivity contribution in [2.45, 2.75) is 6.42 Å². The van der Waals surface area contributed by atoms with Crippen molar-refractivity contribution in [2.24, 2.45) is 0 Å². The van der Waals surface area contributed by atoms with Crippen molar-refractivity contribution in [3.8, 4) is 22.8 Å². The number of fused-ring (bicyclic) bond motifs is 1. The molecule has 0 aliphatic heterocycles. The van der Waals surface area contributed by atoms with Gasteiger partial charge >= 0.3 is 5.97 Å². The summed E-state index contributed by atoms with van der Waals surface area (Å²) in [6.07, 6.45) is -0.120. The molecule has 5 nitrogen and oxygen atoms in total. The maximum Gasteiger partial charge on any atom is 0.307 e. The molecule has 124 valence electrons. The van der Waals surface area contributed by atoms with Gasteiger partial charge in [-0.2, -0.15) is 0 Å². The Labute approximate surface area is 143 Å². The van der Waals surface area contributed by atoms with Gasteiger partial charge in [0.2, 0.25) is 0 Å². The lowest BCUT2D eigenvalue weighted by Crippen LogP contribution is -2.01. The van der Waals surface area contributed by atoms with Crippen molar-refractivity contribution in [2.75, 3.05) is 14.2 Å². The quantitative estimate of drug-likeness (QED) is 0.729. The van der Waals surface area contributed by atoms with Crippen molar-refractivity contribution in [3.63, 3.8) is 0 Å². The zero-order chi connectivity index (χ0) is 17.3. The molecule has 0 unspecified atom stereocenters. The van der Waals surface area contributed by atoms with Crippen LogP contribution in [0.4, 0.5) is 0 Å². The van der Waals surface area contributed by atoms with Gasteiger partial charge in [-0.15, -0.1) is 0 Å². The Morgan fingerprint density at radius 3 is 2.67 bits per heavy atom. The van der Waals surface area contributed by atoms with Gasteiger partial charge in [0.25, 0.3) is 0 Å². The van der Waals surface area contributed by atoms with Crippen LogP contribution in [-0.4, -0.2) is 30.3 Å². The Kier molecular flexibility index (Phi) is 4.36. The van der Waals surface area contributed by atoms with Crippen LogP contribution in [0.2, 0.25) is 5.02 Å². The van der Waals surface area contributed by atoms with Crippen molar-refractivity contribution in [1.82, 2.24) is 4.98 Å². The minimum Gasteiger partial charge on any atom is -0.497 e. The zero-order valence-electron chi connectivity index (χ0n) is 13.2. The Morgan fingerprint density at radius 1 is 1.21 bits per heavy atom. The average Bonchev–Trinajstić information content (AvgIpc) is 2.93. The monoisotopic (exact) mass is 345 g/mol. The number of halogens is 1. The summed E-state index contributed by atoms with van der Waals surface area (Å²) >= 11 is 6.26. The first-order chi connectivity index (χ1) is 11.5. The second-order valence-corrected chi connectivity index (χ2v) is 5.68. The van der Waals surface area contributed by atoms with E-state index < -0.39 is 5.97 Å². The Morgan fingerprint density at radius 2 is 2.00 bits per heavy atom. The van der Waals surface area contributed by atoms with Crippen molar-refractivity contribution >= 4 is 28.5 Å². The SMILES string of the molecule is COc1ccc(-c2[nH]c3c(Cl)cccc3c2CC(=O)O)c(OC)c1. The van der Waals surface area contributed by atoms with Crippen LogP contribution in [0.1, 0.15) is 5.56 Å². The summed E-state index contributed by atoms with van der Waals surface area (Å²) in [5.74, 6) is 0.331. The fraction of sp³-hybridized carbons (Fsp3) is 0.167. The van der Waals surface area contributed by atoms with E-state index in [0.717, 1.165) is 10.9 Å². The number of benzene rings is 2. The second kappa shape index (κ2) is 6.45. The molecule has 1 heterocycles. The summed E-state index contributed by atoms with van der Waals surface area (Å²) in [7, 11) is 3.14. The lowest BCUT2D eigenvalue weighted by molar-refractivity contribution is -0.136. The third-order valence-corrected chi connectivity index (χ3v) is 4.21. The van der Waals surface area contributed by atoms with E-state index in [1.807, 2.05) is 12.1 Å². The number of methoxy groups -OCH3 is 2. The predicted molar refractivity (Wildman–Crippen MR) is 93.2 cm³/mol. The van der Waals surface area contributed by atoms with Gasteiger partial charge in [-0.05, 0) is 23.8 Å². The van der Waals surface area contributed by atoms with Gasteiger partial charge in [-0.25, -0.2) is 0 Å². The van der Waals surface area contributed by atoms with Crippen LogP contribution in [0.25, 0.3) is 22.2 Å². The number of hydrogen-bond donors (Lipinski definition) is 2. The Bertz CT molecular complexity index is 917. The van der Waals surface area contributed by atoms with E-state index in [2.05, 4.69) is 4.98 Å². The van der Waals surface area contributed by atoms with E-state index in [-0.39, 0.29) is 6.42 Å². The van der Waals surface area contributed by atoms with Crippen LogP contribution >= 0.6 is 11.6 Å². The molecule has 24 heavy (non-hydrogen) atoms. The van der Waals surface area contributed by atoms with Crippen LogP contribution in [0.3, 0.4) is 0 Å². The zero-order valence-corrected chi connectivity index (χ0v) is 14.0. The molecule has 2 N–H and O–H groups in total. The van der Waals surface area contributed by atoms with Gasteiger partial charge in [0.15, 0.2) is 0 Å². The van der Waals surface area contributed by atoms with Crippen LogP contribution in [0.15, 0.2) is 36.4 Å². The smallest absolute Gasteiger partial charge is 0.307 e. The summed E-state index contributed by atoms with van der Waals surface area (Å²) < 4.78 is 10.7. The van der Waals surface area contributed by atoms with Gasteiger partial charge in [-0.3, -0.25) is 4.79 Å². The molecule has 0 fully saturated rings. The van der Waals surface area contributed by atoms with E-state index in [4.69, 9.17) is 21.1 Å². The minimum absolute atomic E-state index is 0.120. The molecule has 0 aliphatic carbocycles. The molecule has 3 rings (SSSR count). The third-order valence-electron chi connectivity index (χ3n) is 3.90. The third kappa shape index (κ3) is 2.78. The molecular weight excluding hydrogens is 330 g/mol. The number of para-hydroxylation sites is 1. The molecule has 0 atom stereocenters. The summed E-state index contributed by atoms with van der Waals surface area (Å²) in [5.41, 5.74) is 2.81. The van der Waals surface area contributed by atoms with Gasteiger partial charge < -0.3 is 19.6 Å². The summed E-state index contributed by atoms with van der Waals surface area (Å²) in [6, 6.07) is 10.8. The fourth-order valence-corrected chi connectivity index (χ4v) is 3.03. The number of nitrogens with one attached hydrogen (secondary N) is 1. The highest BCUT2D eigenvalue weighted by Gasteiger charge is 2.20. The fourth-order valence-electron chi connectivity index (χ4n) is 2.81. The summed E-state index contributed by atoms with van der Waals surface area (Å²) in [5, 5.41) is 10.6. The van der Waals surface area contributed by atoms with E-state index in [0.29, 0.717) is 33.3 Å². The Hall–Kier alpha value is -2.66. The topological polar surface area (TPSA) is 71.6 Å². The molecule has 0 saturated carbocycles. The molecule has 6 heteroatoms. The van der Waals surface area contributed by atoms with Crippen molar-refractivity contribution in [1.29, 1.82) is 0 Å². The maximum atomic E-state index is 11.3. The number of aromatic nitrogens is 1. The molecule has 0 amide bonds. The average molecular weight is 346 g/mol. The molecular formula is C18H16ClNO4. The first kappa shape index (κ1) is 16.2. The molecule has 0 radical (unpaired) electrons. The van der Waals surface area contributed by atoms with E-state index in [9.17, 15) is 9.90 Å². The number of aromatic amines is 1. The molecule has 2 aromatic carbocycles. The molecule has 0 bridgehead atoms.